The Hall–Kier alpha value is -3.68. The number of benzene rings is 2. The second-order valence-corrected chi connectivity index (χ2v) is 5.45. The average molecular weight is 348 g/mol. The van der Waals surface area contributed by atoms with E-state index in [1.165, 1.54) is 4.68 Å². The van der Waals surface area contributed by atoms with Crippen LogP contribution in [0.25, 0.3) is 28.7 Å². The number of nitrogens with two attached hydrogens (primary N) is 1. The molecular weight excluding hydrogens is 332 g/mol. The van der Waals surface area contributed by atoms with Gasteiger partial charge in [-0.05, 0) is 43.3 Å². The molecule has 0 saturated carbocycles. The van der Waals surface area contributed by atoms with Crippen molar-refractivity contribution in [3.8, 4) is 34.4 Å². The highest BCUT2D eigenvalue weighted by atomic mass is 16.5. The molecule has 0 aliphatic rings. The molecule has 0 aliphatic heterocycles. The Kier molecular flexibility index (Phi) is 4.06. The standard InChI is InChI=1S/C18H16N6O2/c1-2-25-14-10-8-12(9-11-14)17-20-18(26-22-17)15-16(19)24(23-21-15)13-6-4-3-5-7-13/h3-11H,2,19H2,1H3. The molecular formula is C18H16N6O2. The lowest BCUT2D eigenvalue weighted by atomic mass is 10.2. The monoisotopic (exact) mass is 348 g/mol. The molecule has 26 heavy (non-hydrogen) atoms. The lowest BCUT2D eigenvalue weighted by Crippen LogP contribution is -2.01. The van der Waals surface area contributed by atoms with E-state index >= 15 is 0 Å². The van der Waals surface area contributed by atoms with E-state index in [0.717, 1.165) is 17.0 Å². The van der Waals surface area contributed by atoms with Crippen LogP contribution in [0.2, 0.25) is 0 Å². The van der Waals surface area contributed by atoms with E-state index in [0.29, 0.717) is 23.9 Å². The Morgan fingerprint density at radius 1 is 1.08 bits per heavy atom. The highest BCUT2D eigenvalue weighted by molar-refractivity contribution is 5.66. The Morgan fingerprint density at radius 3 is 2.58 bits per heavy atom. The van der Waals surface area contributed by atoms with Gasteiger partial charge in [0.25, 0.3) is 5.89 Å². The highest BCUT2D eigenvalue weighted by Gasteiger charge is 2.19. The molecule has 0 amide bonds. The van der Waals surface area contributed by atoms with Gasteiger partial charge in [-0.1, -0.05) is 28.6 Å². The number of anilines is 1. The maximum absolute atomic E-state index is 6.16. The molecule has 0 bridgehead atoms. The van der Waals surface area contributed by atoms with Gasteiger partial charge in [-0.25, -0.2) is 0 Å². The zero-order chi connectivity index (χ0) is 17.9. The molecule has 0 atom stereocenters. The van der Waals surface area contributed by atoms with Gasteiger partial charge in [0.15, 0.2) is 11.5 Å². The molecule has 130 valence electrons. The molecule has 2 heterocycles. The molecule has 0 radical (unpaired) electrons. The summed E-state index contributed by atoms with van der Waals surface area (Å²) >= 11 is 0. The third-order valence-corrected chi connectivity index (χ3v) is 3.76. The summed E-state index contributed by atoms with van der Waals surface area (Å²) in [7, 11) is 0. The number of para-hydroxylation sites is 1. The van der Waals surface area contributed by atoms with Crippen molar-refractivity contribution >= 4 is 5.82 Å². The number of nitrogens with zero attached hydrogens (tertiary/aromatic N) is 5. The van der Waals surface area contributed by atoms with Crippen LogP contribution in [0.3, 0.4) is 0 Å². The smallest absolute Gasteiger partial charge is 0.282 e. The van der Waals surface area contributed by atoms with Crippen molar-refractivity contribution < 1.29 is 9.26 Å². The Bertz CT molecular complexity index is 1010. The first-order valence-electron chi connectivity index (χ1n) is 8.10. The molecule has 8 nitrogen and oxygen atoms in total. The average Bonchev–Trinajstić information content (AvgIpc) is 3.30. The van der Waals surface area contributed by atoms with E-state index in [2.05, 4.69) is 20.5 Å². The lowest BCUT2D eigenvalue weighted by molar-refractivity contribution is 0.340. The fourth-order valence-corrected chi connectivity index (χ4v) is 2.51. The molecule has 0 fully saturated rings. The van der Waals surface area contributed by atoms with Crippen molar-refractivity contribution in [2.24, 2.45) is 0 Å². The topological polar surface area (TPSA) is 105 Å². The van der Waals surface area contributed by atoms with Crippen molar-refractivity contribution in [2.75, 3.05) is 12.3 Å². The van der Waals surface area contributed by atoms with Crippen LogP contribution in [-0.4, -0.2) is 31.7 Å². The van der Waals surface area contributed by atoms with Crippen LogP contribution in [0, 0.1) is 0 Å². The van der Waals surface area contributed by atoms with Gasteiger partial charge in [0.2, 0.25) is 5.82 Å². The number of rotatable bonds is 5. The van der Waals surface area contributed by atoms with Gasteiger partial charge in [0.1, 0.15) is 5.75 Å². The van der Waals surface area contributed by atoms with Gasteiger partial charge in [0.05, 0.1) is 12.3 Å². The van der Waals surface area contributed by atoms with Crippen LogP contribution in [0.5, 0.6) is 5.75 Å². The maximum Gasteiger partial charge on any atom is 0.282 e. The van der Waals surface area contributed by atoms with Crippen molar-refractivity contribution in [1.82, 2.24) is 25.1 Å². The number of ether oxygens (including phenoxy) is 1. The van der Waals surface area contributed by atoms with Gasteiger partial charge in [0, 0.05) is 5.56 Å². The highest BCUT2D eigenvalue weighted by Crippen LogP contribution is 2.27. The molecule has 4 rings (SSSR count). The summed E-state index contributed by atoms with van der Waals surface area (Å²) in [6.45, 7) is 2.55. The maximum atomic E-state index is 6.16. The fourth-order valence-electron chi connectivity index (χ4n) is 2.51. The second-order valence-electron chi connectivity index (χ2n) is 5.45. The van der Waals surface area contributed by atoms with E-state index in [9.17, 15) is 0 Å². The summed E-state index contributed by atoms with van der Waals surface area (Å²) < 4.78 is 12.3. The minimum absolute atomic E-state index is 0.216. The summed E-state index contributed by atoms with van der Waals surface area (Å²) in [6, 6.07) is 16.9. The molecule has 2 N–H and O–H groups in total. The summed E-state index contributed by atoms with van der Waals surface area (Å²) in [5.74, 6) is 1.78. The summed E-state index contributed by atoms with van der Waals surface area (Å²) in [5.41, 5.74) is 8.11. The van der Waals surface area contributed by atoms with Gasteiger partial charge < -0.3 is 15.0 Å². The first-order valence-corrected chi connectivity index (χ1v) is 8.10. The zero-order valence-electron chi connectivity index (χ0n) is 14.0. The normalized spacial score (nSPS) is 10.8. The first-order chi connectivity index (χ1) is 12.8. The predicted octanol–water partition coefficient (Wildman–Crippen LogP) is 2.97. The largest absolute Gasteiger partial charge is 0.494 e. The number of hydrogen-bond donors (Lipinski definition) is 1. The van der Waals surface area contributed by atoms with E-state index in [4.69, 9.17) is 15.0 Å². The number of hydrogen-bond acceptors (Lipinski definition) is 7. The minimum atomic E-state index is 0.216. The van der Waals surface area contributed by atoms with Crippen LogP contribution < -0.4 is 10.5 Å². The van der Waals surface area contributed by atoms with Gasteiger partial charge in [-0.2, -0.15) is 9.67 Å². The van der Waals surface area contributed by atoms with Crippen LogP contribution in [0.1, 0.15) is 6.92 Å². The quantitative estimate of drug-likeness (QED) is 0.591. The molecule has 0 saturated heterocycles. The van der Waals surface area contributed by atoms with Gasteiger partial charge in [-0.3, -0.25) is 0 Å². The molecule has 0 aliphatic carbocycles. The summed E-state index contributed by atoms with van der Waals surface area (Å²) in [4.78, 5) is 4.38. The van der Waals surface area contributed by atoms with Crippen molar-refractivity contribution in [1.29, 1.82) is 0 Å². The molecule has 4 aromatic rings. The SMILES string of the molecule is CCOc1ccc(-c2noc(-c3nnn(-c4ccccc4)c3N)n2)cc1. The molecule has 2 aromatic heterocycles. The Labute approximate surface area is 149 Å². The molecule has 0 unspecified atom stereocenters. The Morgan fingerprint density at radius 2 is 1.85 bits per heavy atom. The van der Waals surface area contributed by atoms with E-state index in [-0.39, 0.29) is 5.89 Å². The third-order valence-electron chi connectivity index (χ3n) is 3.76. The van der Waals surface area contributed by atoms with Crippen molar-refractivity contribution in [3.63, 3.8) is 0 Å². The van der Waals surface area contributed by atoms with Crippen molar-refractivity contribution in [3.05, 3.63) is 54.6 Å². The summed E-state index contributed by atoms with van der Waals surface area (Å²) in [6.07, 6.45) is 0. The summed E-state index contributed by atoms with van der Waals surface area (Å²) in [5, 5.41) is 12.2. The molecule has 8 heteroatoms. The number of aromatic nitrogens is 5. The number of nitrogen functional groups attached to an aromatic ring is 1. The van der Waals surface area contributed by atoms with Crippen LogP contribution >= 0.6 is 0 Å². The lowest BCUT2D eigenvalue weighted by Gasteiger charge is -2.02. The van der Waals surface area contributed by atoms with E-state index in [1.54, 1.807) is 0 Å². The van der Waals surface area contributed by atoms with E-state index < -0.39 is 0 Å². The van der Waals surface area contributed by atoms with Crippen LogP contribution in [0.15, 0.2) is 59.1 Å². The zero-order valence-corrected chi connectivity index (χ0v) is 14.0. The fraction of sp³-hybridized carbons (Fsp3) is 0.111. The minimum Gasteiger partial charge on any atom is -0.494 e. The molecule has 0 spiro atoms. The molecule has 2 aromatic carbocycles. The first kappa shape index (κ1) is 15.8. The predicted molar refractivity (Wildman–Crippen MR) is 95.7 cm³/mol. The van der Waals surface area contributed by atoms with Gasteiger partial charge >= 0.3 is 0 Å². The van der Waals surface area contributed by atoms with Crippen molar-refractivity contribution in [2.45, 2.75) is 6.92 Å². The van der Waals surface area contributed by atoms with E-state index in [1.807, 2.05) is 61.5 Å². The van der Waals surface area contributed by atoms with Crippen LogP contribution in [0.4, 0.5) is 5.82 Å². The Balaban J connectivity index is 1.63. The second kappa shape index (κ2) is 6.67. The van der Waals surface area contributed by atoms with Gasteiger partial charge in [-0.15, -0.1) is 5.10 Å². The van der Waals surface area contributed by atoms with Crippen LogP contribution in [-0.2, 0) is 0 Å². The third kappa shape index (κ3) is 2.88.